The number of carbonyl (C=O) groups is 2. The minimum atomic E-state index is -0.00680. The van der Waals surface area contributed by atoms with E-state index in [1.165, 1.54) is 7.11 Å². The molecule has 1 aliphatic rings. The van der Waals surface area contributed by atoms with Gasteiger partial charge in [0.2, 0.25) is 11.8 Å². The molecule has 0 bridgehead atoms. The first-order valence-corrected chi connectivity index (χ1v) is 8.19. The Balaban J connectivity index is 1.69. The van der Waals surface area contributed by atoms with E-state index in [0.717, 1.165) is 18.6 Å². The fourth-order valence-corrected chi connectivity index (χ4v) is 2.85. The van der Waals surface area contributed by atoms with Gasteiger partial charge in [-0.15, -0.1) is 0 Å². The molecule has 1 aromatic heterocycles. The van der Waals surface area contributed by atoms with Crippen molar-refractivity contribution in [1.82, 2.24) is 10.2 Å². The van der Waals surface area contributed by atoms with Crippen molar-refractivity contribution < 1.29 is 18.7 Å². The molecule has 2 amide bonds. The summed E-state index contributed by atoms with van der Waals surface area (Å²) in [6.07, 6.45) is 4.76. The quantitative estimate of drug-likeness (QED) is 0.828. The monoisotopic (exact) mass is 322 g/mol. The second kappa shape index (κ2) is 8.72. The van der Waals surface area contributed by atoms with E-state index in [1.807, 2.05) is 19.1 Å². The lowest BCUT2D eigenvalue weighted by atomic mass is 9.95. The number of carbonyl (C=O) groups excluding carboxylic acids is 2. The van der Waals surface area contributed by atoms with E-state index in [2.05, 4.69) is 5.32 Å². The lowest BCUT2D eigenvalue weighted by Crippen LogP contribution is -2.45. The molecule has 1 aliphatic heterocycles. The molecule has 0 aromatic carbocycles. The molecule has 1 atom stereocenters. The summed E-state index contributed by atoms with van der Waals surface area (Å²) in [6, 6.07) is 3.93. The number of hydrogen-bond acceptors (Lipinski definition) is 4. The maximum Gasteiger partial charge on any atom is 0.248 e. The molecule has 2 heterocycles. The van der Waals surface area contributed by atoms with E-state index in [-0.39, 0.29) is 30.4 Å². The van der Waals surface area contributed by atoms with Crippen LogP contribution in [-0.2, 0) is 20.7 Å². The minimum absolute atomic E-state index is 0.00169. The first kappa shape index (κ1) is 17.5. The molecule has 1 fully saturated rings. The number of amides is 2. The van der Waals surface area contributed by atoms with Crippen LogP contribution in [0, 0.1) is 5.92 Å². The summed E-state index contributed by atoms with van der Waals surface area (Å²) in [5, 5.41) is 3.07. The normalized spacial score (nSPS) is 17.0. The highest BCUT2D eigenvalue weighted by Gasteiger charge is 2.27. The van der Waals surface area contributed by atoms with Crippen LogP contribution < -0.4 is 5.32 Å². The van der Waals surface area contributed by atoms with Gasteiger partial charge in [-0.1, -0.05) is 0 Å². The Kier molecular flexibility index (Phi) is 6.65. The van der Waals surface area contributed by atoms with Crippen LogP contribution in [0.4, 0.5) is 0 Å². The van der Waals surface area contributed by atoms with Gasteiger partial charge >= 0.3 is 0 Å². The summed E-state index contributed by atoms with van der Waals surface area (Å²) >= 11 is 0. The first-order chi connectivity index (χ1) is 11.1. The zero-order chi connectivity index (χ0) is 16.7. The van der Waals surface area contributed by atoms with Crippen LogP contribution in [0.1, 0.15) is 31.9 Å². The fourth-order valence-electron chi connectivity index (χ4n) is 2.85. The van der Waals surface area contributed by atoms with Gasteiger partial charge < -0.3 is 19.4 Å². The Bertz CT molecular complexity index is 493. The van der Waals surface area contributed by atoms with Crippen LogP contribution in [0.2, 0.25) is 0 Å². The number of methoxy groups -OCH3 is 1. The third kappa shape index (κ3) is 5.39. The maximum absolute atomic E-state index is 12.3. The smallest absolute Gasteiger partial charge is 0.248 e. The summed E-state index contributed by atoms with van der Waals surface area (Å²) in [7, 11) is 1.52. The van der Waals surface area contributed by atoms with Crippen LogP contribution in [0.25, 0.3) is 0 Å². The Morgan fingerprint density at radius 1 is 1.43 bits per heavy atom. The molecule has 128 valence electrons. The maximum atomic E-state index is 12.3. The average Bonchev–Trinajstić information content (AvgIpc) is 3.07. The number of aryl methyl sites for hydroxylation is 1. The number of nitrogens with zero attached hydrogens (tertiary/aromatic N) is 1. The number of piperidine rings is 1. The lowest BCUT2D eigenvalue weighted by molar-refractivity contribution is -0.138. The van der Waals surface area contributed by atoms with Crippen molar-refractivity contribution in [2.75, 3.05) is 26.8 Å². The standard InChI is InChI=1S/C17H26N2O4/c1-13(5-6-15-4-3-11-23-15)18-17(21)14-7-9-19(10-8-14)16(20)12-22-2/h3-4,11,13-14H,5-10,12H2,1-2H3,(H,18,21). The third-order valence-electron chi connectivity index (χ3n) is 4.28. The summed E-state index contributed by atoms with van der Waals surface area (Å²) in [5.41, 5.74) is 0. The predicted molar refractivity (Wildman–Crippen MR) is 85.8 cm³/mol. The summed E-state index contributed by atoms with van der Waals surface area (Å²) in [4.78, 5) is 25.8. The zero-order valence-corrected chi connectivity index (χ0v) is 13.9. The van der Waals surface area contributed by atoms with Crippen LogP contribution in [-0.4, -0.2) is 49.6 Å². The fraction of sp³-hybridized carbons (Fsp3) is 0.647. The van der Waals surface area contributed by atoms with Crippen LogP contribution in [0.3, 0.4) is 0 Å². The molecule has 0 radical (unpaired) electrons. The highest BCUT2D eigenvalue weighted by Crippen LogP contribution is 2.18. The minimum Gasteiger partial charge on any atom is -0.469 e. The predicted octanol–water partition coefficient (Wildman–Crippen LogP) is 1.60. The lowest BCUT2D eigenvalue weighted by Gasteiger charge is -2.31. The molecular weight excluding hydrogens is 296 g/mol. The largest absolute Gasteiger partial charge is 0.469 e. The third-order valence-corrected chi connectivity index (χ3v) is 4.28. The van der Waals surface area contributed by atoms with E-state index in [4.69, 9.17) is 9.15 Å². The summed E-state index contributed by atoms with van der Waals surface area (Å²) in [6.45, 7) is 3.38. The summed E-state index contributed by atoms with van der Waals surface area (Å²) in [5.74, 6) is 1.03. The molecule has 1 unspecified atom stereocenters. The molecule has 1 N–H and O–H groups in total. The number of nitrogens with one attached hydrogen (secondary N) is 1. The van der Waals surface area contributed by atoms with Gasteiger partial charge in [-0.3, -0.25) is 9.59 Å². The molecule has 2 rings (SSSR count). The zero-order valence-electron chi connectivity index (χ0n) is 13.9. The molecular formula is C17H26N2O4. The SMILES string of the molecule is COCC(=O)N1CCC(C(=O)NC(C)CCc2ccco2)CC1. The van der Waals surface area contributed by atoms with E-state index in [9.17, 15) is 9.59 Å². The Morgan fingerprint density at radius 3 is 2.78 bits per heavy atom. The van der Waals surface area contributed by atoms with E-state index in [1.54, 1.807) is 11.2 Å². The van der Waals surface area contributed by atoms with Gasteiger partial charge in [0, 0.05) is 38.6 Å². The van der Waals surface area contributed by atoms with Crippen LogP contribution in [0.5, 0.6) is 0 Å². The van der Waals surface area contributed by atoms with E-state index >= 15 is 0 Å². The van der Waals surface area contributed by atoms with Gasteiger partial charge in [0.25, 0.3) is 0 Å². The Labute approximate surface area is 137 Å². The molecule has 6 heteroatoms. The number of likely N-dealkylation sites (tertiary alicyclic amines) is 1. The van der Waals surface area contributed by atoms with Crippen molar-refractivity contribution in [3.05, 3.63) is 24.2 Å². The Hall–Kier alpha value is -1.82. The average molecular weight is 322 g/mol. The number of hydrogen-bond donors (Lipinski definition) is 1. The number of rotatable bonds is 7. The summed E-state index contributed by atoms with van der Waals surface area (Å²) < 4.78 is 10.2. The highest BCUT2D eigenvalue weighted by atomic mass is 16.5. The van der Waals surface area contributed by atoms with Gasteiger partial charge in [-0.25, -0.2) is 0 Å². The number of furan rings is 1. The van der Waals surface area contributed by atoms with Crippen molar-refractivity contribution in [2.45, 2.75) is 38.6 Å². The molecule has 1 aromatic rings. The molecule has 0 spiro atoms. The van der Waals surface area contributed by atoms with E-state index < -0.39 is 0 Å². The van der Waals surface area contributed by atoms with Crippen molar-refractivity contribution in [1.29, 1.82) is 0 Å². The Morgan fingerprint density at radius 2 is 2.17 bits per heavy atom. The molecule has 0 aliphatic carbocycles. The topological polar surface area (TPSA) is 71.8 Å². The first-order valence-electron chi connectivity index (χ1n) is 8.19. The molecule has 0 saturated carbocycles. The number of ether oxygens (including phenoxy) is 1. The van der Waals surface area contributed by atoms with Crippen molar-refractivity contribution in [3.63, 3.8) is 0 Å². The molecule has 23 heavy (non-hydrogen) atoms. The van der Waals surface area contributed by atoms with Crippen molar-refractivity contribution in [3.8, 4) is 0 Å². The van der Waals surface area contributed by atoms with Crippen molar-refractivity contribution in [2.24, 2.45) is 5.92 Å². The van der Waals surface area contributed by atoms with Crippen molar-refractivity contribution >= 4 is 11.8 Å². The molecule has 6 nitrogen and oxygen atoms in total. The highest BCUT2D eigenvalue weighted by molar-refractivity contribution is 5.80. The van der Waals surface area contributed by atoms with Gasteiger partial charge in [0.05, 0.1) is 6.26 Å². The molecule has 1 saturated heterocycles. The van der Waals surface area contributed by atoms with Crippen LogP contribution >= 0.6 is 0 Å². The van der Waals surface area contributed by atoms with Gasteiger partial charge in [0.15, 0.2) is 0 Å². The van der Waals surface area contributed by atoms with Gasteiger partial charge in [-0.2, -0.15) is 0 Å². The van der Waals surface area contributed by atoms with Gasteiger partial charge in [-0.05, 0) is 38.3 Å². The van der Waals surface area contributed by atoms with E-state index in [0.29, 0.717) is 25.9 Å². The van der Waals surface area contributed by atoms with Crippen LogP contribution in [0.15, 0.2) is 22.8 Å². The van der Waals surface area contributed by atoms with Gasteiger partial charge in [0.1, 0.15) is 12.4 Å². The second-order valence-corrected chi connectivity index (χ2v) is 6.12. The second-order valence-electron chi connectivity index (χ2n) is 6.12.